The number of hydrogen-bond acceptors (Lipinski definition) is 5. The van der Waals surface area contributed by atoms with E-state index in [1.807, 2.05) is 0 Å². The smallest absolute Gasteiger partial charge is 0.266 e. The van der Waals surface area contributed by atoms with Gasteiger partial charge in [0.05, 0.1) is 6.04 Å². The van der Waals surface area contributed by atoms with Crippen LogP contribution in [-0.2, 0) is 0 Å². The second kappa shape index (κ2) is 5.26. The number of nitrogens with two attached hydrogens (primary N) is 1. The molecule has 0 spiro atoms. The molecule has 0 amide bonds. The van der Waals surface area contributed by atoms with E-state index < -0.39 is 0 Å². The van der Waals surface area contributed by atoms with E-state index in [4.69, 9.17) is 10.3 Å². The van der Waals surface area contributed by atoms with Crippen LogP contribution in [0.3, 0.4) is 0 Å². The summed E-state index contributed by atoms with van der Waals surface area (Å²) in [5.74, 6) is 1.88. The first kappa shape index (κ1) is 12.0. The number of rotatable bonds is 3. The van der Waals surface area contributed by atoms with Gasteiger partial charge in [-0.05, 0) is 36.8 Å². The van der Waals surface area contributed by atoms with Crippen molar-refractivity contribution in [2.75, 3.05) is 18.0 Å². The van der Waals surface area contributed by atoms with E-state index in [-0.39, 0.29) is 6.04 Å². The lowest BCUT2D eigenvalue weighted by Gasteiger charge is -2.24. The maximum absolute atomic E-state index is 6.27. The highest BCUT2D eigenvalue weighted by Gasteiger charge is 2.27. The first-order valence-electron chi connectivity index (χ1n) is 7.19. The molecule has 18 heavy (non-hydrogen) atoms. The van der Waals surface area contributed by atoms with Crippen molar-refractivity contribution >= 4 is 5.95 Å². The fraction of sp³-hybridized carbons (Fsp3) is 0.846. The van der Waals surface area contributed by atoms with Crippen LogP contribution in [0.1, 0.15) is 56.9 Å². The van der Waals surface area contributed by atoms with Crippen molar-refractivity contribution in [1.29, 1.82) is 0 Å². The molecule has 2 fully saturated rings. The summed E-state index contributed by atoms with van der Waals surface area (Å²) in [6.45, 7) is 2.08. The van der Waals surface area contributed by atoms with Crippen LogP contribution in [0.4, 0.5) is 5.95 Å². The normalized spacial score (nSPS) is 23.5. The summed E-state index contributed by atoms with van der Waals surface area (Å²) in [5, 5.41) is 4.07. The molecule has 1 saturated heterocycles. The summed E-state index contributed by atoms with van der Waals surface area (Å²) >= 11 is 0. The Hall–Kier alpha value is -1.10. The Balaban J connectivity index is 1.67. The quantitative estimate of drug-likeness (QED) is 0.891. The van der Waals surface area contributed by atoms with Gasteiger partial charge < -0.3 is 15.2 Å². The Labute approximate surface area is 108 Å². The number of nitrogens with zero attached hydrogens (tertiary/aromatic N) is 3. The van der Waals surface area contributed by atoms with E-state index >= 15 is 0 Å². The minimum absolute atomic E-state index is 0.0749. The molecular weight excluding hydrogens is 228 g/mol. The first-order valence-corrected chi connectivity index (χ1v) is 7.19. The summed E-state index contributed by atoms with van der Waals surface area (Å²) in [6, 6.07) is -0.0749. The molecule has 0 radical (unpaired) electrons. The standard InChI is InChI=1S/C13H22N4O/c14-11(10-6-2-1-3-7-10)12-15-13(16-18-12)17-8-4-5-9-17/h10-11H,1-9,14H2. The van der Waals surface area contributed by atoms with E-state index in [1.165, 1.54) is 44.9 Å². The second-order valence-electron chi connectivity index (χ2n) is 5.55. The highest BCUT2D eigenvalue weighted by Crippen LogP contribution is 2.32. The average molecular weight is 250 g/mol. The van der Waals surface area contributed by atoms with Crippen LogP contribution in [0.15, 0.2) is 4.52 Å². The molecule has 2 N–H and O–H groups in total. The van der Waals surface area contributed by atoms with Gasteiger partial charge in [-0.3, -0.25) is 0 Å². The molecule has 2 aliphatic rings. The number of hydrogen-bond donors (Lipinski definition) is 1. The Bertz CT molecular complexity index is 380. The van der Waals surface area contributed by atoms with Crippen molar-refractivity contribution in [2.45, 2.75) is 51.0 Å². The van der Waals surface area contributed by atoms with Crippen molar-refractivity contribution in [1.82, 2.24) is 10.1 Å². The summed E-state index contributed by atoms with van der Waals surface area (Å²) in [6.07, 6.45) is 8.74. The van der Waals surface area contributed by atoms with Crippen molar-refractivity contribution in [3.63, 3.8) is 0 Å². The molecule has 1 aromatic rings. The molecule has 0 aromatic carbocycles. The van der Waals surface area contributed by atoms with Gasteiger partial charge in [-0.2, -0.15) is 4.98 Å². The SMILES string of the molecule is NC(c1nc(N2CCCC2)no1)C1CCCCC1. The third-order valence-electron chi connectivity index (χ3n) is 4.26. The lowest BCUT2D eigenvalue weighted by molar-refractivity contribution is 0.255. The van der Waals surface area contributed by atoms with Gasteiger partial charge >= 0.3 is 0 Å². The van der Waals surface area contributed by atoms with Crippen molar-refractivity contribution in [3.05, 3.63) is 5.89 Å². The van der Waals surface area contributed by atoms with Crippen LogP contribution >= 0.6 is 0 Å². The first-order chi connectivity index (χ1) is 8.84. The third-order valence-corrected chi connectivity index (χ3v) is 4.26. The molecule has 1 atom stereocenters. The highest BCUT2D eigenvalue weighted by molar-refractivity contribution is 5.29. The Morgan fingerprint density at radius 1 is 1.11 bits per heavy atom. The highest BCUT2D eigenvalue weighted by atomic mass is 16.5. The molecule has 1 aliphatic heterocycles. The molecule has 5 heteroatoms. The van der Waals surface area contributed by atoms with Crippen LogP contribution in [0.25, 0.3) is 0 Å². The fourth-order valence-electron chi connectivity index (χ4n) is 3.10. The van der Waals surface area contributed by atoms with Crippen LogP contribution in [0, 0.1) is 5.92 Å². The van der Waals surface area contributed by atoms with Gasteiger partial charge in [0.2, 0.25) is 5.89 Å². The third kappa shape index (κ3) is 2.36. The predicted octanol–water partition coefficient (Wildman–Crippen LogP) is 2.25. The van der Waals surface area contributed by atoms with Crippen LogP contribution in [0.5, 0.6) is 0 Å². The van der Waals surface area contributed by atoms with Gasteiger partial charge in [0, 0.05) is 13.1 Å². The number of anilines is 1. The van der Waals surface area contributed by atoms with Crippen LogP contribution in [0.2, 0.25) is 0 Å². The maximum atomic E-state index is 6.27. The summed E-state index contributed by atoms with van der Waals surface area (Å²) in [7, 11) is 0. The van der Waals surface area contributed by atoms with Crippen molar-refractivity contribution in [2.24, 2.45) is 11.7 Å². The fourth-order valence-corrected chi connectivity index (χ4v) is 3.10. The topological polar surface area (TPSA) is 68.2 Å². The Morgan fingerprint density at radius 3 is 2.56 bits per heavy atom. The molecule has 1 saturated carbocycles. The maximum Gasteiger partial charge on any atom is 0.266 e. The molecule has 1 aromatic heterocycles. The second-order valence-corrected chi connectivity index (χ2v) is 5.55. The molecule has 5 nitrogen and oxygen atoms in total. The molecule has 1 aliphatic carbocycles. The van der Waals surface area contributed by atoms with E-state index in [0.29, 0.717) is 11.8 Å². The Kier molecular flexibility index (Phi) is 3.50. The minimum atomic E-state index is -0.0749. The molecule has 100 valence electrons. The summed E-state index contributed by atoms with van der Waals surface area (Å²) in [4.78, 5) is 6.67. The predicted molar refractivity (Wildman–Crippen MR) is 69.2 cm³/mol. The minimum Gasteiger partial charge on any atom is -0.338 e. The zero-order valence-corrected chi connectivity index (χ0v) is 10.8. The molecule has 2 heterocycles. The van der Waals surface area contributed by atoms with Gasteiger partial charge in [-0.25, -0.2) is 0 Å². The van der Waals surface area contributed by atoms with E-state index in [9.17, 15) is 0 Å². The van der Waals surface area contributed by atoms with E-state index in [1.54, 1.807) is 0 Å². The lowest BCUT2D eigenvalue weighted by atomic mass is 9.84. The zero-order valence-electron chi connectivity index (χ0n) is 10.8. The summed E-state index contributed by atoms with van der Waals surface area (Å²) in [5.41, 5.74) is 6.27. The summed E-state index contributed by atoms with van der Waals surface area (Å²) < 4.78 is 5.36. The van der Waals surface area contributed by atoms with Crippen molar-refractivity contribution < 1.29 is 4.52 Å². The molecule has 3 rings (SSSR count). The van der Waals surface area contributed by atoms with Gasteiger partial charge in [-0.15, -0.1) is 0 Å². The van der Waals surface area contributed by atoms with Gasteiger partial charge in [0.1, 0.15) is 0 Å². The molecule has 1 unspecified atom stereocenters. The zero-order chi connectivity index (χ0) is 12.4. The van der Waals surface area contributed by atoms with E-state index in [0.717, 1.165) is 19.0 Å². The van der Waals surface area contributed by atoms with Gasteiger partial charge in [0.15, 0.2) is 0 Å². The van der Waals surface area contributed by atoms with Gasteiger partial charge in [-0.1, -0.05) is 19.3 Å². The largest absolute Gasteiger partial charge is 0.338 e. The van der Waals surface area contributed by atoms with Crippen LogP contribution in [-0.4, -0.2) is 23.2 Å². The van der Waals surface area contributed by atoms with E-state index in [2.05, 4.69) is 15.0 Å². The van der Waals surface area contributed by atoms with Gasteiger partial charge in [0.25, 0.3) is 5.95 Å². The number of aromatic nitrogens is 2. The Morgan fingerprint density at radius 2 is 1.83 bits per heavy atom. The molecular formula is C13H22N4O. The average Bonchev–Trinajstić information content (AvgIpc) is 3.09. The van der Waals surface area contributed by atoms with Crippen LogP contribution < -0.4 is 10.6 Å². The molecule has 0 bridgehead atoms. The van der Waals surface area contributed by atoms with Crippen molar-refractivity contribution in [3.8, 4) is 0 Å². The lowest BCUT2D eigenvalue weighted by Crippen LogP contribution is -2.24. The monoisotopic (exact) mass is 250 g/mol.